The molecule has 0 bridgehead atoms. The molecule has 0 unspecified atom stereocenters. The summed E-state index contributed by atoms with van der Waals surface area (Å²) in [6.07, 6.45) is 0. The molecule has 0 saturated carbocycles. The lowest BCUT2D eigenvalue weighted by Gasteiger charge is -2.22. The Bertz CT molecular complexity index is 883. The van der Waals surface area contributed by atoms with E-state index in [1.54, 1.807) is 40.0 Å². The van der Waals surface area contributed by atoms with Crippen LogP contribution in [-0.2, 0) is 9.47 Å². The molecule has 0 aliphatic carbocycles. The molecule has 156 valence electrons. The first-order chi connectivity index (χ1) is 13.8. The molecule has 0 fully saturated rings. The third-order valence-electron chi connectivity index (χ3n) is 4.68. The first-order valence-electron chi connectivity index (χ1n) is 9.54. The van der Waals surface area contributed by atoms with Gasteiger partial charge < -0.3 is 19.4 Å². The standard InChI is InChI=1S/C22H28N2O5/c1-6-29-22(27)20-15(3)19(16(4)23-20)18(25)13-24(11-12-28-5)21(26)17-9-7-14(2)8-10-17/h7-10,23H,6,11-13H2,1-5H3. The van der Waals surface area contributed by atoms with Gasteiger partial charge in [0.05, 0.1) is 19.8 Å². The Kier molecular flexibility index (Phi) is 7.73. The number of carbonyl (C=O) groups excluding carboxylic acids is 3. The van der Waals surface area contributed by atoms with Crippen LogP contribution in [0, 0.1) is 20.8 Å². The van der Waals surface area contributed by atoms with Crippen LogP contribution in [0.15, 0.2) is 24.3 Å². The quantitative estimate of drug-likeness (QED) is 0.516. The van der Waals surface area contributed by atoms with E-state index in [9.17, 15) is 14.4 Å². The van der Waals surface area contributed by atoms with Gasteiger partial charge in [-0.05, 0) is 45.4 Å². The highest BCUT2D eigenvalue weighted by Crippen LogP contribution is 2.20. The number of nitrogens with zero attached hydrogens (tertiary/aromatic N) is 1. The van der Waals surface area contributed by atoms with Crippen molar-refractivity contribution in [3.63, 3.8) is 0 Å². The minimum atomic E-state index is -0.501. The van der Waals surface area contributed by atoms with Crippen LogP contribution < -0.4 is 0 Å². The summed E-state index contributed by atoms with van der Waals surface area (Å²) in [5.74, 6) is -0.991. The van der Waals surface area contributed by atoms with Crippen LogP contribution in [0.4, 0.5) is 0 Å². The lowest BCUT2D eigenvalue weighted by Crippen LogP contribution is -2.38. The predicted octanol–water partition coefficient (Wildman–Crippen LogP) is 3.09. The fourth-order valence-electron chi connectivity index (χ4n) is 3.16. The molecule has 0 radical (unpaired) electrons. The molecule has 1 aromatic heterocycles. The van der Waals surface area contributed by atoms with Gasteiger partial charge in [-0.1, -0.05) is 17.7 Å². The van der Waals surface area contributed by atoms with Gasteiger partial charge in [-0.3, -0.25) is 9.59 Å². The van der Waals surface area contributed by atoms with E-state index >= 15 is 0 Å². The van der Waals surface area contributed by atoms with Crippen molar-refractivity contribution < 1.29 is 23.9 Å². The van der Waals surface area contributed by atoms with Crippen LogP contribution in [0.25, 0.3) is 0 Å². The van der Waals surface area contributed by atoms with Gasteiger partial charge in [0.15, 0.2) is 5.78 Å². The topological polar surface area (TPSA) is 88.7 Å². The zero-order valence-electron chi connectivity index (χ0n) is 17.6. The fraction of sp³-hybridized carbons (Fsp3) is 0.409. The number of nitrogens with one attached hydrogen (secondary N) is 1. The number of aromatic nitrogens is 1. The number of hydrogen-bond donors (Lipinski definition) is 1. The second kappa shape index (κ2) is 10.0. The zero-order chi connectivity index (χ0) is 21.6. The van der Waals surface area contributed by atoms with Crippen molar-refractivity contribution in [2.24, 2.45) is 0 Å². The minimum Gasteiger partial charge on any atom is -0.461 e. The number of hydrogen-bond acceptors (Lipinski definition) is 5. The van der Waals surface area contributed by atoms with Gasteiger partial charge in [-0.15, -0.1) is 0 Å². The Labute approximate surface area is 171 Å². The first kappa shape index (κ1) is 22.4. The van der Waals surface area contributed by atoms with Crippen LogP contribution in [0.5, 0.6) is 0 Å². The van der Waals surface area contributed by atoms with Crippen molar-refractivity contribution in [1.82, 2.24) is 9.88 Å². The number of aromatic amines is 1. The molecule has 7 nitrogen and oxygen atoms in total. The number of carbonyl (C=O) groups is 3. The van der Waals surface area contributed by atoms with E-state index in [2.05, 4.69) is 4.98 Å². The smallest absolute Gasteiger partial charge is 0.355 e. The molecule has 0 aliphatic heterocycles. The van der Waals surface area contributed by atoms with Gasteiger partial charge in [0.2, 0.25) is 0 Å². The van der Waals surface area contributed by atoms with Crippen molar-refractivity contribution in [3.8, 4) is 0 Å². The van der Waals surface area contributed by atoms with Gasteiger partial charge in [0.25, 0.3) is 5.91 Å². The molecule has 0 spiro atoms. The molecule has 2 aromatic rings. The van der Waals surface area contributed by atoms with E-state index in [1.807, 2.05) is 19.1 Å². The summed E-state index contributed by atoms with van der Waals surface area (Å²) in [5.41, 5.74) is 3.33. The van der Waals surface area contributed by atoms with Gasteiger partial charge in [0.1, 0.15) is 5.69 Å². The molecular formula is C22H28N2O5. The molecule has 1 aromatic carbocycles. The number of ether oxygens (including phenoxy) is 2. The Morgan fingerprint density at radius 3 is 2.31 bits per heavy atom. The lowest BCUT2D eigenvalue weighted by atomic mass is 10.0. The molecule has 29 heavy (non-hydrogen) atoms. The summed E-state index contributed by atoms with van der Waals surface area (Å²) in [4.78, 5) is 42.5. The van der Waals surface area contributed by atoms with Gasteiger partial charge in [0, 0.05) is 30.5 Å². The second-order valence-corrected chi connectivity index (χ2v) is 6.85. The van der Waals surface area contributed by atoms with Crippen LogP contribution in [0.2, 0.25) is 0 Å². The maximum atomic E-state index is 13.0. The summed E-state index contributed by atoms with van der Waals surface area (Å²) in [6.45, 7) is 7.81. The van der Waals surface area contributed by atoms with E-state index in [4.69, 9.17) is 9.47 Å². The summed E-state index contributed by atoms with van der Waals surface area (Å²) in [7, 11) is 1.54. The van der Waals surface area contributed by atoms with E-state index < -0.39 is 5.97 Å². The molecule has 0 saturated heterocycles. The van der Waals surface area contributed by atoms with Crippen molar-refractivity contribution in [2.75, 3.05) is 33.4 Å². The maximum absolute atomic E-state index is 13.0. The highest BCUT2D eigenvalue weighted by Gasteiger charge is 2.26. The number of esters is 1. The van der Waals surface area contributed by atoms with Crippen molar-refractivity contribution in [1.29, 1.82) is 0 Å². The van der Waals surface area contributed by atoms with Crippen molar-refractivity contribution >= 4 is 17.7 Å². The van der Waals surface area contributed by atoms with Crippen LogP contribution in [0.3, 0.4) is 0 Å². The Hall–Kier alpha value is -2.93. The summed E-state index contributed by atoms with van der Waals surface area (Å²) < 4.78 is 10.1. The van der Waals surface area contributed by atoms with E-state index in [-0.39, 0.29) is 37.1 Å². The van der Waals surface area contributed by atoms with E-state index in [0.717, 1.165) is 5.56 Å². The number of rotatable bonds is 9. The summed E-state index contributed by atoms with van der Waals surface area (Å²) in [5, 5.41) is 0. The molecule has 7 heteroatoms. The number of benzene rings is 1. The second-order valence-electron chi connectivity index (χ2n) is 6.85. The van der Waals surface area contributed by atoms with Gasteiger partial charge in [-0.2, -0.15) is 0 Å². The summed E-state index contributed by atoms with van der Waals surface area (Å²) >= 11 is 0. The number of amides is 1. The van der Waals surface area contributed by atoms with E-state index in [1.165, 1.54) is 4.90 Å². The molecule has 2 rings (SSSR count). The molecule has 1 heterocycles. The van der Waals surface area contributed by atoms with Crippen LogP contribution in [-0.4, -0.2) is 61.0 Å². The Morgan fingerprint density at radius 2 is 1.72 bits per heavy atom. The third-order valence-corrected chi connectivity index (χ3v) is 4.68. The largest absolute Gasteiger partial charge is 0.461 e. The molecule has 0 aliphatic rings. The molecule has 1 N–H and O–H groups in total. The molecule has 0 atom stereocenters. The Morgan fingerprint density at radius 1 is 1.07 bits per heavy atom. The fourth-order valence-corrected chi connectivity index (χ4v) is 3.16. The number of ketones is 1. The molecular weight excluding hydrogens is 372 g/mol. The summed E-state index contributed by atoms with van der Waals surface area (Å²) in [6, 6.07) is 7.20. The highest BCUT2D eigenvalue weighted by molar-refractivity contribution is 6.05. The third kappa shape index (κ3) is 5.32. The number of aryl methyl sites for hydroxylation is 2. The average Bonchev–Trinajstić information content (AvgIpc) is 2.99. The normalized spacial score (nSPS) is 10.7. The van der Waals surface area contributed by atoms with Crippen LogP contribution >= 0.6 is 0 Å². The lowest BCUT2D eigenvalue weighted by molar-refractivity contribution is 0.0519. The number of H-pyrrole nitrogens is 1. The number of methoxy groups -OCH3 is 1. The highest BCUT2D eigenvalue weighted by atomic mass is 16.5. The van der Waals surface area contributed by atoms with Gasteiger partial charge in [-0.25, -0.2) is 4.79 Å². The van der Waals surface area contributed by atoms with Gasteiger partial charge >= 0.3 is 5.97 Å². The minimum absolute atomic E-state index is 0.113. The number of Topliss-reactive ketones (excluding diaryl/α,β-unsaturated/α-hetero) is 1. The maximum Gasteiger partial charge on any atom is 0.355 e. The van der Waals surface area contributed by atoms with Crippen LogP contribution in [0.1, 0.15) is 54.9 Å². The average molecular weight is 400 g/mol. The predicted molar refractivity (Wildman–Crippen MR) is 110 cm³/mol. The molecule has 1 amide bonds. The van der Waals surface area contributed by atoms with E-state index in [0.29, 0.717) is 29.0 Å². The van der Waals surface area contributed by atoms with Crippen molar-refractivity contribution in [2.45, 2.75) is 27.7 Å². The SMILES string of the molecule is CCOC(=O)c1[nH]c(C)c(C(=O)CN(CCOC)C(=O)c2ccc(C)cc2)c1C. The Balaban J connectivity index is 2.27. The monoisotopic (exact) mass is 400 g/mol. The zero-order valence-corrected chi connectivity index (χ0v) is 17.6. The first-order valence-corrected chi connectivity index (χ1v) is 9.54. The van der Waals surface area contributed by atoms with Crippen molar-refractivity contribution in [3.05, 3.63) is 57.9 Å².